The number of urea groups is 1. The van der Waals surface area contributed by atoms with Gasteiger partial charge in [-0.2, -0.15) is 0 Å². The number of nitrogens with zero attached hydrogens (tertiary/aromatic N) is 1. The van der Waals surface area contributed by atoms with Crippen molar-refractivity contribution in [3.8, 4) is 12.3 Å². The van der Waals surface area contributed by atoms with Crippen LogP contribution in [0.3, 0.4) is 0 Å². The third-order valence-electron chi connectivity index (χ3n) is 12.3. The van der Waals surface area contributed by atoms with Crippen molar-refractivity contribution in [2.75, 3.05) is 18.8 Å². The number of likely N-dealkylation sites (tertiary alicyclic amines) is 1. The van der Waals surface area contributed by atoms with Gasteiger partial charge in [-0.05, 0) is 82.5 Å². The first-order valence-electron chi connectivity index (χ1n) is 19.8. The maximum Gasteiger partial charge on any atom is 0.315 e. The monoisotopic (exact) mass is 761 g/mol. The zero-order chi connectivity index (χ0) is 39.8. The third-order valence-corrected chi connectivity index (χ3v) is 15.1. The molecule has 2 unspecified atom stereocenters. The van der Waals surface area contributed by atoms with E-state index in [4.69, 9.17) is 6.42 Å². The van der Waals surface area contributed by atoms with Crippen molar-refractivity contribution in [1.29, 1.82) is 0 Å². The van der Waals surface area contributed by atoms with E-state index in [9.17, 15) is 27.6 Å². The fourth-order valence-electron chi connectivity index (χ4n) is 8.08. The molecule has 0 aromatic carbocycles. The lowest BCUT2D eigenvalue weighted by Crippen LogP contribution is -2.67. The number of terminal acetylenes is 1. The van der Waals surface area contributed by atoms with Gasteiger partial charge in [-0.1, -0.05) is 73.1 Å². The highest BCUT2D eigenvalue weighted by Crippen LogP contribution is 2.43. The average Bonchev–Trinajstić information content (AvgIpc) is 3.08. The van der Waals surface area contributed by atoms with Crippen LogP contribution in [0.5, 0.6) is 0 Å². The van der Waals surface area contributed by atoms with Crippen LogP contribution in [0.2, 0.25) is 0 Å². The molecule has 1 aliphatic heterocycles. The molecule has 5 amide bonds. The van der Waals surface area contributed by atoms with E-state index in [-0.39, 0.29) is 42.4 Å². The van der Waals surface area contributed by atoms with Gasteiger partial charge >= 0.3 is 6.03 Å². The van der Waals surface area contributed by atoms with Crippen LogP contribution in [0.25, 0.3) is 0 Å². The SMILES string of the molecule is C#CCCC(NC(=O)[C@@H]1CC(C)(C)C(C)CN1C(=O)[C@@H](NC(=O)NC1(CS(=O)(=O)C(C)(C)C)CCCCC1)C1(C)CCCCC1)C(=O)C(=O)NCCC. The molecule has 12 nitrogen and oxygen atoms in total. The number of amides is 5. The number of piperidine rings is 1. The van der Waals surface area contributed by atoms with Gasteiger partial charge in [0.1, 0.15) is 12.1 Å². The molecule has 0 aromatic heterocycles. The number of carbonyl (C=O) groups is 5. The van der Waals surface area contributed by atoms with Crippen LogP contribution in [-0.4, -0.2) is 90.1 Å². The number of nitrogens with one attached hydrogen (secondary N) is 4. The van der Waals surface area contributed by atoms with Crippen molar-refractivity contribution < 1.29 is 32.4 Å². The van der Waals surface area contributed by atoms with Gasteiger partial charge in [-0.3, -0.25) is 19.2 Å². The minimum Gasteiger partial charge on any atom is -0.349 e. The number of rotatable bonds is 14. The lowest BCUT2D eigenvalue weighted by Gasteiger charge is -2.50. The fraction of sp³-hybridized carbons (Fsp3) is 0.825. The molecule has 3 rings (SSSR count). The molecule has 3 aliphatic rings. The van der Waals surface area contributed by atoms with Crippen LogP contribution >= 0.6 is 0 Å². The number of sulfone groups is 1. The Balaban J connectivity index is 1.98. The predicted octanol–water partition coefficient (Wildman–Crippen LogP) is 4.80. The first-order chi connectivity index (χ1) is 24.6. The summed E-state index contributed by atoms with van der Waals surface area (Å²) in [6.45, 7) is 15.5. The molecule has 4 N–H and O–H groups in total. The lowest BCUT2D eigenvalue weighted by atomic mass is 9.68. The summed E-state index contributed by atoms with van der Waals surface area (Å²) in [7, 11) is -3.58. The van der Waals surface area contributed by atoms with Gasteiger partial charge < -0.3 is 26.2 Å². The van der Waals surface area contributed by atoms with E-state index >= 15 is 4.79 Å². The molecule has 2 saturated carbocycles. The predicted molar refractivity (Wildman–Crippen MR) is 207 cm³/mol. The van der Waals surface area contributed by atoms with Crippen LogP contribution in [0.1, 0.15) is 145 Å². The van der Waals surface area contributed by atoms with Crippen molar-refractivity contribution in [3.05, 3.63) is 0 Å². The number of carbonyl (C=O) groups excluding carboxylic acids is 5. The summed E-state index contributed by atoms with van der Waals surface area (Å²) in [6, 6.07) is -3.73. The quantitative estimate of drug-likeness (QED) is 0.146. The third kappa shape index (κ3) is 11.2. The van der Waals surface area contributed by atoms with Crippen molar-refractivity contribution in [1.82, 2.24) is 26.2 Å². The minimum atomic E-state index is -3.58. The maximum atomic E-state index is 15.0. The van der Waals surface area contributed by atoms with Crippen LogP contribution in [-0.2, 0) is 29.0 Å². The highest BCUT2D eigenvalue weighted by molar-refractivity contribution is 7.92. The molecule has 2 aliphatic carbocycles. The zero-order valence-corrected chi connectivity index (χ0v) is 34.4. The van der Waals surface area contributed by atoms with E-state index in [1.165, 1.54) is 0 Å². The second-order valence-electron chi connectivity index (χ2n) is 18.0. The van der Waals surface area contributed by atoms with Crippen molar-refractivity contribution in [2.45, 2.75) is 174 Å². The van der Waals surface area contributed by atoms with Crippen molar-refractivity contribution in [3.63, 3.8) is 0 Å². The molecule has 0 bridgehead atoms. The van der Waals surface area contributed by atoms with Gasteiger partial charge in [0, 0.05) is 19.5 Å². The largest absolute Gasteiger partial charge is 0.349 e. The molecular weight excluding hydrogens is 695 g/mol. The Morgan fingerprint density at radius 3 is 2.06 bits per heavy atom. The zero-order valence-electron chi connectivity index (χ0n) is 33.6. The summed E-state index contributed by atoms with van der Waals surface area (Å²) in [4.78, 5) is 70.8. The van der Waals surface area contributed by atoms with E-state index in [1.807, 2.05) is 34.6 Å². The molecule has 0 aromatic rings. The van der Waals surface area contributed by atoms with Crippen molar-refractivity contribution >= 4 is 39.4 Å². The second-order valence-corrected chi connectivity index (χ2v) is 20.7. The lowest BCUT2D eigenvalue weighted by molar-refractivity contribution is -0.152. The normalized spacial score (nSPS) is 23.7. The summed E-state index contributed by atoms with van der Waals surface area (Å²) in [5.74, 6) is -0.250. The molecular formula is C40H67N5O7S. The molecule has 0 spiro atoms. The molecule has 1 saturated heterocycles. The number of hydrogen-bond acceptors (Lipinski definition) is 7. The number of ketones is 1. The smallest absolute Gasteiger partial charge is 0.315 e. The summed E-state index contributed by atoms with van der Waals surface area (Å²) in [5, 5.41) is 11.5. The highest BCUT2D eigenvalue weighted by atomic mass is 32.2. The fourth-order valence-corrected chi connectivity index (χ4v) is 9.60. The van der Waals surface area contributed by atoms with Crippen LogP contribution in [0.15, 0.2) is 0 Å². The van der Waals surface area contributed by atoms with E-state index in [2.05, 4.69) is 27.2 Å². The Hall–Kier alpha value is -3.14. The highest BCUT2D eigenvalue weighted by Gasteiger charge is 2.50. The van der Waals surface area contributed by atoms with E-state index in [0.717, 1.165) is 38.5 Å². The standard InChI is InChI=1S/C40H67N5O7S/c1-10-12-19-29(31(46)34(48)41-24-11-2)42-33(47)30-25-38(7,8)28(3)26-45(30)35(49)32(39(9)20-15-13-16-21-39)43-36(50)44-40(22-17-14-18-23-40)27-53(51,52)37(4,5)6/h1,28-30,32H,11-27H2,2-9H3,(H,41,48)(H,42,47)(H2,43,44,50)/t28?,29?,30-,32+/m0/s1. The molecule has 1 heterocycles. The van der Waals surface area contributed by atoms with Gasteiger partial charge in [0.2, 0.25) is 17.6 Å². The average molecular weight is 762 g/mol. The maximum absolute atomic E-state index is 15.0. The summed E-state index contributed by atoms with van der Waals surface area (Å²) in [6.07, 6.45) is 14.3. The molecule has 4 atom stereocenters. The van der Waals surface area contributed by atoms with Crippen LogP contribution in [0, 0.1) is 29.1 Å². The molecule has 13 heteroatoms. The Labute approximate surface area is 318 Å². The van der Waals surface area contributed by atoms with Crippen molar-refractivity contribution in [2.24, 2.45) is 16.7 Å². The van der Waals surface area contributed by atoms with E-state index in [1.54, 1.807) is 25.7 Å². The minimum absolute atomic E-state index is 0.00376. The Bertz CT molecular complexity index is 1480. The Morgan fingerprint density at radius 2 is 1.51 bits per heavy atom. The number of Topliss-reactive ketones (excluding diaryl/α,β-unsaturated/α-hetero) is 1. The summed E-state index contributed by atoms with van der Waals surface area (Å²) in [5.41, 5.74) is -1.94. The second kappa shape index (κ2) is 18.0. The number of hydrogen-bond donors (Lipinski definition) is 4. The van der Waals surface area contributed by atoms with Gasteiger partial charge in [0.05, 0.1) is 22.1 Å². The topological polar surface area (TPSA) is 171 Å². The van der Waals surface area contributed by atoms with Crippen LogP contribution in [0.4, 0.5) is 4.79 Å². The van der Waals surface area contributed by atoms with Gasteiger partial charge in [-0.25, -0.2) is 13.2 Å². The first kappa shape index (κ1) is 44.3. The van der Waals surface area contributed by atoms with E-state index in [0.29, 0.717) is 45.1 Å². The van der Waals surface area contributed by atoms with Gasteiger partial charge in [0.25, 0.3) is 5.91 Å². The molecule has 300 valence electrons. The summed E-state index contributed by atoms with van der Waals surface area (Å²) < 4.78 is 25.9. The van der Waals surface area contributed by atoms with Crippen LogP contribution < -0.4 is 21.3 Å². The first-order valence-corrected chi connectivity index (χ1v) is 21.4. The molecule has 0 radical (unpaired) electrons. The van der Waals surface area contributed by atoms with E-state index < -0.39 is 67.3 Å². The van der Waals surface area contributed by atoms with Gasteiger partial charge in [-0.15, -0.1) is 12.3 Å². The summed E-state index contributed by atoms with van der Waals surface area (Å²) >= 11 is 0. The molecule has 53 heavy (non-hydrogen) atoms. The molecule has 3 fully saturated rings. The van der Waals surface area contributed by atoms with Gasteiger partial charge in [0.15, 0.2) is 9.84 Å². The Kier molecular flexibility index (Phi) is 15.0. The Morgan fingerprint density at radius 1 is 0.925 bits per heavy atom.